The van der Waals surface area contributed by atoms with Gasteiger partial charge in [0.05, 0.1) is 6.04 Å². The normalized spacial score (nSPS) is 30.2. The molecular weight excluding hydrogens is 220 g/mol. The van der Waals surface area contributed by atoms with Gasteiger partial charge in [-0.05, 0) is 31.1 Å². The summed E-state index contributed by atoms with van der Waals surface area (Å²) in [6.07, 6.45) is 5.35. The third-order valence-corrected chi connectivity index (χ3v) is 3.86. The molecule has 2 rings (SSSR count). The van der Waals surface area contributed by atoms with Gasteiger partial charge in [-0.3, -0.25) is 0 Å². The van der Waals surface area contributed by atoms with E-state index in [2.05, 4.69) is 23.9 Å². The monoisotopic (exact) mass is 238 g/mol. The summed E-state index contributed by atoms with van der Waals surface area (Å²) >= 11 is 4.86. The molecule has 1 heterocycles. The standard InChI is InChI=1S/C11H18N4S/c1-7-3-4-9(5-8(7)2)15-6-13-11(14-15)10(12)16/h6-9H,3-5H2,1-2H3,(H2,12,16). The molecule has 2 N–H and O–H groups in total. The highest BCUT2D eigenvalue weighted by Crippen LogP contribution is 2.35. The maximum atomic E-state index is 5.50. The largest absolute Gasteiger partial charge is 0.387 e. The van der Waals surface area contributed by atoms with Gasteiger partial charge in [-0.25, -0.2) is 9.67 Å². The Kier molecular flexibility index (Phi) is 3.23. The van der Waals surface area contributed by atoms with Crippen LogP contribution in [-0.2, 0) is 0 Å². The van der Waals surface area contributed by atoms with E-state index in [1.165, 1.54) is 19.3 Å². The average Bonchev–Trinajstić information content (AvgIpc) is 2.71. The molecule has 1 aromatic heterocycles. The summed E-state index contributed by atoms with van der Waals surface area (Å²) in [7, 11) is 0. The predicted molar refractivity (Wildman–Crippen MR) is 67.1 cm³/mol. The van der Waals surface area contributed by atoms with Crippen LogP contribution >= 0.6 is 12.2 Å². The van der Waals surface area contributed by atoms with Crippen LogP contribution in [0.15, 0.2) is 6.33 Å². The summed E-state index contributed by atoms with van der Waals surface area (Å²) in [5, 5.41) is 4.33. The van der Waals surface area contributed by atoms with Gasteiger partial charge in [0.2, 0.25) is 5.82 Å². The molecule has 5 heteroatoms. The van der Waals surface area contributed by atoms with E-state index in [-0.39, 0.29) is 4.99 Å². The zero-order valence-corrected chi connectivity index (χ0v) is 10.6. The van der Waals surface area contributed by atoms with Gasteiger partial charge in [-0.15, -0.1) is 5.10 Å². The number of hydrogen-bond donors (Lipinski definition) is 1. The minimum absolute atomic E-state index is 0.274. The maximum absolute atomic E-state index is 5.50. The Labute approximate surface area is 101 Å². The van der Waals surface area contributed by atoms with E-state index in [4.69, 9.17) is 18.0 Å². The number of aromatic nitrogens is 3. The van der Waals surface area contributed by atoms with Crippen LogP contribution in [0.3, 0.4) is 0 Å². The molecule has 0 saturated heterocycles. The van der Waals surface area contributed by atoms with E-state index in [9.17, 15) is 0 Å². The van der Waals surface area contributed by atoms with Crippen molar-refractivity contribution in [3.63, 3.8) is 0 Å². The van der Waals surface area contributed by atoms with Gasteiger partial charge in [0.1, 0.15) is 11.3 Å². The number of nitrogens with zero attached hydrogens (tertiary/aromatic N) is 3. The molecule has 0 aliphatic heterocycles. The van der Waals surface area contributed by atoms with Crippen LogP contribution in [-0.4, -0.2) is 19.8 Å². The first kappa shape index (κ1) is 11.5. The van der Waals surface area contributed by atoms with Crippen molar-refractivity contribution in [3.8, 4) is 0 Å². The summed E-state index contributed by atoms with van der Waals surface area (Å²) in [5.41, 5.74) is 5.50. The fraction of sp³-hybridized carbons (Fsp3) is 0.727. The van der Waals surface area contributed by atoms with Crippen molar-refractivity contribution in [1.29, 1.82) is 0 Å². The van der Waals surface area contributed by atoms with Gasteiger partial charge in [0, 0.05) is 0 Å². The minimum atomic E-state index is 0.274. The van der Waals surface area contributed by atoms with E-state index < -0.39 is 0 Å². The third-order valence-electron chi connectivity index (χ3n) is 3.67. The van der Waals surface area contributed by atoms with Gasteiger partial charge >= 0.3 is 0 Å². The Bertz CT molecular complexity index is 387. The fourth-order valence-corrected chi connectivity index (χ4v) is 2.42. The molecule has 1 fully saturated rings. The number of rotatable bonds is 2. The smallest absolute Gasteiger partial charge is 0.208 e. The fourth-order valence-electron chi connectivity index (χ4n) is 2.32. The Balaban J connectivity index is 2.09. The molecule has 0 radical (unpaired) electrons. The zero-order chi connectivity index (χ0) is 11.7. The van der Waals surface area contributed by atoms with Gasteiger partial charge in [0.15, 0.2) is 0 Å². The Morgan fingerprint density at radius 1 is 1.44 bits per heavy atom. The highest BCUT2D eigenvalue weighted by Gasteiger charge is 2.26. The van der Waals surface area contributed by atoms with E-state index >= 15 is 0 Å². The molecule has 3 atom stereocenters. The molecule has 88 valence electrons. The second kappa shape index (κ2) is 4.49. The van der Waals surface area contributed by atoms with Crippen molar-refractivity contribution in [1.82, 2.24) is 14.8 Å². The molecule has 0 amide bonds. The molecule has 0 spiro atoms. The second-order valence-electron chi connectivity index (χ2n) is 4.83. The summed E-state index contributed by atoms with van der Waals surface area (Å²) in [5.74, 6) is 2.05. The Morgan fingerprint density at radius 2 is 2.19 bits per heavy atom. The molecule has 0 aromatic carbocycles. The lowest BCUT2D eigenvalue weighted by atomic mass is 9.79. The van der Waals surface area contributed by atoms with Crippen LogP contribution in [0, 0.1) is 11.8 Å². The molecule has 3 unspecified atom stereocenters. The topological polar surface area (TPSA) is 56.7 Å². The van der Waals surface area contributed by atoms with Gasteiger partial charge in [-0.1, -0.05) is 26.1 Å². The van der Waals surface area contributed by atoms with E-state index in [0.717, 1.165) is 11.8 Å². The van der Waals surface area contributed by atoms with Gasteiger partial charge in [-0.2, -0.15) is 0 Å². The van der Waals surface area contributed by atoms with Crippen LogP contribution in [0.5, 0.6) is 0 Å². The van der Waals surface area contributed by atoms with Crippen LogP contribution in [0.4, 0.5) is 0 Å². The van der Waals surface area contributed by atoms with Crippen LogP contribution < -0.4 is 5.73 Å². The molecule has 1 aliphatic rings. The molecular formula is C11H18N4S. The predicted octanol–water partition coefficient (Wildman–Crippen LogP) is 1.91. The molecule has 4 nitrogen and oxygen atoms in total. The first-order valence-corrected chi connectivity index (χ1v) is 6.19. The summed E-state index contributed by atoms with van der Waals surface area (Å²) < 4.78 is 1.93. The van der Waals surface area contributed by atoms with Gasteiger partial charge < -0.3 is 5.73 Å². The van der Waals surface area contributed by atoms with E-state index in [1.807, 2.05) is 4.68 Å². The lowest BCUT2D eigenvalue weighted by molar-refractivity contribution is 0.200. The van der Waals surface area contributed by atoms with Crippen LogP contribution in [0.2, 0.25) is 0 Å². The second-order valence-corrected chi connectivity index (χ2v) is 5.27. The summed E-state index contributed by atoms with van der Waals surface area (Å²) in [6.45, 7) is 4.63. The van der Waals surface area contributed by atoms with Crippen molar-refractivity contribution >= 4 is 17.2 Å². The van der Waals surface area contributed by atoms with Gasteiger partial charge in [0.25, 0.3) is 0 Å². The highest BCUT2D eigenvalue weighted by atomic mass is 32.1. The highest BCUT2D eigenvalue weighted by molar-refractivity contribution is 7.80. The number of thiocarbonyl (C=S) groups is 1. The minimum Gasteiger partial charge on any atom is -0.387 e. The zero-order valence-electron chi connectivity index (χ0n) is 9.76. The molecule has 1 aromatic rings. The molecule has 1 saturated carbocycles. The van der Waals surface area contributed by atoms with Crippen molar-refractivity contribution in [3.05, 3.63) is 12.2 Å². The van der Waals surface area contributed by atoms with Crippen molar-refractivity contribution in [2.75, 3.05) is 0 Å². The lowest BCUT2D eigenvalue weighted by Gasteiger charge is -2.31. The Morgan fingerprint density at radius 3 is 2.75 bits per heavy atom. The van der Waals surface area contributed by atoms with Crippen LogP contribution in [0.25, 0.3) is 0 Å². The quantitative estimate of drug-likeness (QED) is 0.800. The van der Waals surface area contributed by atoms with Crippen molar-refractivity contribution in [2.45, 2.75) is 39.2 Å². The molecule has 16 heavy (non-hydrogen) atoms. The Hall–Kier alpha value is -0.970. The van der Waals surface area contributed by atoms with Crippen molar-refractivity contribution in [2.24, 2.45) is 17.6 Å². The van der Waals surface area contributed by atoms with Crippen LogP contribution in [0.1, 0.15) is 45.0 Å². The van der Waals surface area contributed by atoms with E-state index in [0.29, 0.717) is 11.9 Å². The lowest BCUT2D eigenvalue weighted by Crippen LogP contribution is -2.24. The first-order valence-electron chi connectivity index (χ1n) is 5.79. The first-order chi connectivity index (χ1) is 7.58. The maximum Gasteiger partial charge on any atom is 0.208 e. The summed E-state index contributed by atoms with van der Waals surface area (Å²) in [6, 6.07) is 0.460. The summed E-state index contributed by atoms with van der Waals surface area (Å²) in [4.78, 5) is 4.39. The SMILES string of the molecule is CC1CCC(n2cnc(C(N)=S)n2)CC1C. The number of nitrogens with two attached hydrogens (primary N) is 1. The molecule has 1 aliphatic carbocycles. The van der Waals surface area contributed by atoms with E-state index in [1.54, 1.807) is 6.33 Å². The third kappa shape index (κ3) is 2.24. The van der Waals surface area contributed by atoms with Crippen molar-refractivity contribution < 1.29 is 0 Å². The number of hydrogen-bond acceptors (Lipinski definition) is 3. The molecule has 0 bridgehead atoms. The average molecular weight is 238 g/mol.